The van der Waals surface area contributed by atoms with Crippen molar-refractivity contribution in [3.05, 3.63) is 59.7 Å². The fourth-order valence-electron chi connectivity index (χ4n) is 2.78. The van der Waals surface area contributed by atoms with Crippen LogP contribution in [-0.2, 0) is 21.2 Å². The first-order chi connectivity index (χ1) is 12.8. The van der Waals surface area contributed by atoms with Crippen LogP contribution in [0.5, 0.6) is 5.75 Å². The lowest BCUT2D eigenvalue weighted by Crippen LogP contribution is -2.38. The molecule has 27 heavy (non-hydrogen) atoms. The number of nitrogens with one attached hydrogen (secondary N) is 1. The predicted molar refractivity (Wildman–Crippen MR) is 105 cm³/mol. The number of hydrogen-bond donors (Lipinski definition) is 1. The zero-order valence-corrected chi connectivity index (χ0v) is 16.8. The van der Waals surface area contributed by atoms with Gasteiger partial charge in [0.15, 0.2) is 0 Å². The first-order valence-electron chi connectivity index (χ1n) is 8.77. The van der Waals surface area contributed by atoms with Crippen molar-refractivity contribution in [2.45, 2.75) is 25.2 Å². The molecular weight excluding hydrogens is 364 g/mol. The molecule has 146 valence electrons. The van der Waals surface area contributed by atoms with Gasteiger partial charge in [-0.25, -0.2) is 13.1 Å². The molecule has 0 aliphatic heterocycles. The van der Waals surface area contributed by atoms with Crippen molar-refractivity contribution in [1.82, 2.24) is 9.62 Å². The van der Waals surface area contributed by atoms with E-state index in [0.29, 0.717) is 24.4 Å². The highest BCUT2D eigenvalue weighted by Crippen LogP contribution is 2.20. The number of rotatable bonds is 9. The quantitative estimate of drug-likeness (QED) is 0.713. The lowest BCUT2D eigenvalue weighted by Gasteiger charge is -2.21. The molecule has 0 heterocycles. The SMILES string of the molecule is COc1ccc(S(=O)(=O)NCCN(CCc2ccccc2)C(C)=O)c(C)c1. The molecule has 1 N–H and O–H groups in total. The number of carbonyl (C=O) groups is 1. The smallest absolute Gasteiger partial charge is 0.240 e. The number of aryl methyl sites for hydroxylation is 1. The van der Waals surface area contributed by atoms with Gasteiger partial charge in [-0.05, 0) is 42.7 Å². The summed E-state index contributed by atoms with van der Waals surface area (Å²) in [6.45, 7) is 4.23. The standard InChI is InChI=1S/C20H26N2O4S/c1-16-15-19(26-3)9-10-20(16)27(24,25)21-12-14-22(17(2)23)13-11-18-7-5-4-6-8-18/h4-10,15,21H,11-14H2,1-3H3. The minimum Gasteiger partial charge on any atom is -0.497 e. The molecule has 0 aliphatic rings. The highest BCUT2D eigenvalue weighted by atomic mass is 32.2. The summed E-state index contributed by atoms with van der Waals surface area (Å²) < 4.78 is 32.7. The van der Waals surface area contributed by atoms with E-state index >= 15 is 0 Å². The summed E-state index contributed by atoms with van der Waals surface area (Å²) in [5.41, 5.74) is 1.74. The zero-order valence-electron chi connectivity index (χ0n) is 15.9. The van der Waals surface area contributed by atoms with Gasteiger partial charge >= 0.3 is 0 Å². The van der Waals surface area contributed by atoms with E-state index in [1.54, 1.807) is 24.0 Å². The van der Waals surface area contributed by atoms with Crippen molar-refractivity contribution in [2.75, 3.05) is 26.7 Å². The molecular formula is C20H26N2O4S. The van der Waals surface area contributed by atoms with E-state index in [9.17, 15) is 13.2 Å². The Bertz CT molecular complexity index is 867. The minimum absolute atomic E-state index is 0.0780. The van der Waals surface area contributed by atoms with Crippen LogP contribution in [-0.4, -0.2) is 46.0 Å². The second kappa shape index (κ2) is 9.53. The Morgan fingerprint density at radius 1 is 1.11 bits per heavy atom. The lowest BCUT2D eigenvalue weighted by atomic mass is 10.1. The molecule has 1 amide bonds. The number of benzene rings is 2. The molecule has 0 aromatic heterocycles. The van der Waals surface area contributed by atoms with Crippen molar-refractivity contribution < 1.29 is 17.9 Å². The highest BCUT2D eigenvalue weighted by Gasteiger charge is 2.18. The second-order valence-corrected chi connectivity index (χ2v) is 8.01. The fourth-order valence-corrected chi connectivity index (χ4v) is 4.02. The molecule has 0 saturated carbocycles. The average molecular weight is 391 g/mol. The third kappa shape index (κ3) is 6.08. The van der Waals surface area contributed by atoms with Crippen LogP contribution in [0.3, 0.4) is 0 Å². The summed E-state index contributed by atoms with van der Waals surface area (Å²) in [6.07, 6.45) is 0.727. The molecule has 0 fully saturated rings. The Hall–Kier alpha value is -2.38. The second-order valence-electron chi connectivity index (χ2n) is 6.27. The third-order valence-electron chi connectivity index (χ3n) is 4.30. The van der Waals surface area contributed by atoms with Crippen LogP contribution in [0.4, 0.5) is 0 Å². The van der Waals surface area contributed by atoms with Crippen molar-refractivity contribution in [3.63, 3.8) is 0 Å². The van der Waals surface area contributed by atoms with Crippen LogP contribution in [0.25, 0.3) is 0 Å². The maximum Gasteiger partial charge on any atom is 0.240 e. The number of methoxy groups -OCH3 is 1. The summed E-state index contributed by atoms with van der Waals surface area (Å²) in [5, 5.41) is 0. The van der Waals surface area contributed by atoms with Gasteiger partial charge in [0.1, 0.15) is 5.75 Å². The van der Waals surface area contributed by atoms with E-state index in [4.69, 9.17) is 4.74 Å². The van der Waals surface area contributed by atoms with Gasteiger partial charge < -0.3 is 9.64 Å². The molecule has 2 aromatic carbocycles. The van der Waals surface area contributed by atoms with E-state index in [1.165, 1.54) is 20.1 Å². The predicted octanol–water partition coefficient (Wildman–Crippen LogP) is 2.37. The molecule has 2 aromatic rings. The fraction of sp³-hybridized carbons (Fsp3) is 0.350. The van der Waals surface area contributed by atoms with E-state index in [2.05, 4.69) is 4.72 Å². The number of ether oxygens (including phenoxy) is 1. The molecule has 0 aliphatic carbocycles. The number of sulfonamides is 1. The Labute approximate surface area is 161 Å². The van der Waals surface area contributed by atoms with Gasteiger partial charge in [-0.3, -0.25) is 4.79 Å². The molecule has 0 spiro atoms. The van der Waals surface area contributed by atoms with Gasteiger partial charge in [0, 0.05) is 26.6 Å². The normalized spacial score (nSPS) is 11.2. The molecule has 0 saturated heterocycles. The minimum atomic E-state index is -3.65. The molecule has 7 heteroatoms. The van der Waals surface area contributed by atoms with Crippen molar-refractivity contribution in [3.8, 4) is 5.75 Å². The van der Waals surface area contributed by atoms with E-state index in [1.807, 2.05) is 30.3 Å². The zero-order chi connectivity index (χ0) is 19.9. The maximum absolute atomic E-state index is 12.5. The molecule has 0 atom stereocenters. The monoisotopic (exact) mass is 390 g/mol. The van der Waals surface area contributed by atoms with Crippen molar-refractivity contribution >= 4 is 15.9 Å². The van der Waals surface area contributed by atoms with Gasteiger partial charge in [-0.2, -0.15) is 0 Å². The molecule has 6 nitrogen and oxygen atoms in total. The van der Waals surface area contributed by atoms with Gasteiger partial charge in [-0.1, -0.05) is 30.3 Å². The number of nitrogens with zero attached hydrogens (tertiary/aromatic N) is 1. The summed E-state index contributed by atoms with van der Waals surface area (Å²) in [4.78, 5) is 13.7. The Kier molecular flexibility index (Phi) is 7.38. The molecule has 0 radical (unpaired) electrons. The van der Waals surface area contributed by atoms with Gasteiger partial charge in [-0.15, -0.1) is 0 Å². The van der Waals surface area contributed by atoms with E-state index < -0.39 is 10.0 Å². The first kappa shape index (κ1) is 20.9. The number of hydrogen-bond acceptors (Lipinski definition) is 4. The van der Waals surface area contributed by atoms with Gasteiger partial charge in [0.25, 0.3) is 0 Å². The maximum atomic E-state index is 12.5. The first-order valence-corrected chi connectivity index (χ1v) is 10.3. The third-order valence-corrected chi connectivity index (χ3v) is 5.93. The van der Waals surface area contributed by atoms with Crippen LogP contribution in [0, 0.1) is 6.92 Å². The molecule has 0 bridgehead atoms. The van der Waals surface area contributed by atoms with Crippen molar-refractivity contribution in [1.29, 1.82) is 0 Å². The lowest BCUT2D eigenvalue weighted by molar-refractivity contribution is -0.128. The van der Waals surface area contributed by atoms with Crippen LogP contribution in [0.2, 0.25) is 0 Å². The molecule has 2 rings (SSSR count). The Balaban J connectivity index is 1.94. The van der Waals surface area contributed by atoms with Crippen LogP contribution in [0.15, 0.2) is 53.4 Å². The largest absolute Gasteiger partial charge is 0.497 e. The van der Waals surface area contributed by atoms with Crippen LogP contribution >= 0.6 is 0 Å². The summed E-state index contributed by atoms with van der Waals surface area (Å²) in [6, 6.07) is 14.7. The Morgan fingerprint density at radius 2 is 1.81 bits per heavy atom. The van der Waals surface area contributed by atoms with Crippen molar-refractivity contribution in [2.24, 2.45) is 0 Å². The number of carbonyl (C=O) groups excluding carboxylic acids is 1. The molecule has 0 unspecified atom stereocenters. The van der Waals surface area contributed by atoms with Gasteiger partial charge in [0.05, 0.1) is 12.0 Å². The Morgan fingerprint density at radius 3 is 2.41 bits per heavy atom. The van der Waals surface area contributed by atoms with Crippen LogP contribution in [0.1, 0.15) is 18.1 Å². The summed E-state index contributed by atoms with van der Waals surface area (Å²) in [5.74, 6) is 0.529. The van der Waals surface area contributed by atoms with E-state index in [0.717, 1.165) is 12.0 Å². The number of amides is 1. The van der Waals surface area contributed by atoms with E-state index in [-0.39, 0.29) is 17.3 Å². The topological polar surface area (TPSA) is 75.7 Å². The van der Waals surface area contributed by atoms with Gasteiger partial charge in [0.2, 0.25) is 15.9 Å². The highest BCUT2D eigenvalue weighted by molar-refractivity contribution is 7.89. The summed E-state index contributed by atoms with van der Waals surface area (Å²) >= 11 is 0. The van der Waals surface area contributed by atoms with Crippen LogP contribution < -0.4 is 9.46 Å². The summed E-state index contributed by atoms with van der Waals surface area (Å²) in [7, 11) is -2.11. The average Bonchev–Trinajstić information content (AvgIpc) is 2.64.